The third-order valence-corrected chi connectivity index (χ3v) is 3.98. The van der Waals surface area contributed by atoms with Crippen LogP contribution in [0.5, 0.6) is 0 Å². The lowest BCUT2D eigenvalue weighted by molar-refractivity contribution is -0.131. The average Bonchev–Trinajstić information content (AvgIpc) is 3.09. The molecule has 1 amide bonds. The molecule has 1 aliphatic heterocycles. The van der Waals surface area contributed by atoms with Crippen LogP contribution >= 0.6 is 0 Å². The number of rotatable bonds is 3. The van der Waals surface area contributed by atoms with Crippen molar-refractivity contribution in [1.29, 1.82) is 0 Å². The maximum Gasteiger partial charge on any atom is 0.222 e. The second-order valence-corrected chi connectivity index (χ2v) is 5.27. The molecule has 2 aromatic rings. The number of likely N-dealkylation sites (tertiary alicyclic amines) is 1. The zero-order valence-corrected chi connectivity index (χ0v) is 12.1. The number of H-pyrrole nitrogens is 1. The molecule has 3 rings (SSSR count). The number of carbonyl (C=O) groups is 1. The zero-order chi connectivity index (χ0) is 14.7. The van der Waals surface area contributed by atoms with Gasteiger partial charge in [-0.1, -0.05) is 6.92 Å². The number of imidazole rings is 1. The second kappa shape index (κ2) is 6.03. The Bertz CT molecular complexity index is 585. The van der Waals surface area contributed by atoms with Crippen molar-refractivity contribution in [3.63, 3.8) is 0 Å². The molecule has 0 bridgehead atoms. The van der Waals surface area contributed by atoms with Crippen LogP contribution in [-0.2, 0) is 4.79 Å². The van der Waals surface area contributed by atoms with E-state index < -0.39 is 0 Å². The van der Waals surface area contributed by atoms with E-state index in [9.17, 15) is 4.79 Å². The first-order chi connectivity index (χ1) is 10.3. The summed E-state index contributed by atoms with van der Waals surface area (Å²) < 4.78 is 0. The molecule has 6 nitrogen and oxygen atoms in total. The number of piperidine rings is 1. The molecule has 0 atom stereocenters. The fraction of sp³-hybridized carbons (Fsp3) is 0.467. The summed E-state index contributed by atoms with van der Waals surface area (Å²) in [6.45, 7) is 3.55. The van der Waals surface area contributed by atoms with Gasteiger partial charge in [-0.3, -0.25) is 9.78 Å². The zero-order valence-electron chi connectivity index (χ0n) is 12.1. The van der Waals surface area contributed by atoms with Crippen LogP contribution in [0.1, 0.15) is 37.8 Å². The SMILES string of the molecule is CCC(=O)N1CCC(c2cnc(-c3ncc[nH]3)cn2)CC1. The molecule has 110 valence electrons. The van der Waals surface area contributed by atoms with Gasteiger partial charge in [0, 0.05) is 44.0 Å². The molecule has 1 fully saturated rings. The molecule has 0 spiro atoms. The van der Waals surface area contributed by atoms with Gasteiger partial charge in [-0.05, 0) is 12.8 Å². The molecule has 0 aliphatic carbocycles. The smallest absolute Gasteiger partial charge is 0.222 e. The Morgan fingerprint density at radius 3 is 2.67 bits per heavy atom. The van der Waals surface area contributed by atoms with Gasteiger partial charge in [0.2, 0.25) is 5.91 Å². The average molecular weight is 285 g/mol. The Labute approximate surface area is 123 Å². The van der Waals surface area contributed by atoms with Gasteiger partial charge in [0.05, 0.1) is 11.9 Å². The first-order valence-corrected chi connectivity index (χ1v) is 7.37. The number of amides is 1. The predicted molar refractivity (Wildman–Crippen MR) is 78.5 cm³/mol. The van der Waals surface area contributed by atoms with Gasteiger partial charge < -0.3 is 9.88 Å². The summed E-state index contributed by atoms with van der Waals surface area (Å²) in [5.74, 6) is 1.37. The van der Waals surface area contributed by atoms with E-state index in [1.54, 1.807) is 18.6 Å². The molecule has 0 unspecified atom stereocenters. The molecule has 0 aromatic carbocycles. The predicted octanol–water partition coefficient (Wildman–Crippen LogP) is 1.98. The standard InChI is InChI=1S/C15H19N5O/c1-2-14(21)20-7-3-11(4-8-20)12-9-19-13(10-18-12)15-16-5-6-17-15/h5-6,9-11H,2-4,7-8H2,1H3,(H,16,17). The lowest BCUT2D eigenvalue weighted by Crippen LogP contribution is -2.37. The Kier molecular flexibility index (Phi) is 3.94. The molecule has 0 radical (unpaired) electrons. The maximum absolute atomic E-state index is 11.7. The summed E-state index contributed by atoms with van der Waals surface area (Å²) in [6, 6.07) is 0. The summed E-state index contributed by atoms with van der Waals surface area (Å²) in [7, 11) is 0. The van der Waals surface area contributed by atoms with Crippen LogP contribution in [0.15, 0.2) is 24.8 Å². The van der Waals surface area contributed by atoms with E-state index in [0.717, 1.165) is 43.1 Å². The van der Waals surface area contributed by atoms with Gasteiger partial charge >= 0.3 is 0 Å². The molecular weight excluding hydrogens is 266 g/mol. The summed E-state index contributed by atoms with van der Waals surface area (Å²) >= 11 is 0. The number of nitrogens with zero attached hydrogens (tertiary/aromatic N) is 4. The summed E-state index contributed by atoms with van der Waals surface area (Å²) in [4.78, 5) is 29.8. The van der Waals surface area contributed by atoms with Gasteiger partial charge in [0.15, 0.2) is 5.82 Å². The number of hydrogen-bond acceptors (Lipinski definition) is 4. The first kappa shape index (κ1) is 13.7. The molecule has 21 heavy (non-hydrogen) atoms. The topological polar surface area (TPSA) is 74.8 Å². The van der Waals surface area contributed by atoms with E-state index in [1.807, 2.05) is 18.0 Å². The quantitative estimate of drug-likeness (QED) is 0.935. The lowest BCUT2D eigenvalue weighted by Gasteiger charge is -2.31. The van der Waals surface area contributed by atoms with E-state index in [2.05, 4.69) is 19.9 Å². The molecule has 2 aromatic heterocycles. The largest absolute Gasteiger partial charge is 0.343 e. The van der Waals surface area contributed by atoms with Crippen molar-refractivity contribution in [3.8, 4) is 11.5 Å². The fourth-order valence-electron chi connectivity index (χ4n) is 2.72. The van der Waals surface area contributed by atoms with E-state index in [0.29, 0.717) is 12.3 Å². The summed E-state index contributed by atoms with van der Waals surface area (Å²) in [5, 5.41) is 0. The highest BCUT2D eigenvalue weighted by Gasteiger charge is 2.24. The molecule has 0 saturated carbocycles. The van der Waals surface area contributed by atoms with Crippen molar-refractivity contribution in [2.75, 3.05) is 13.1 Å². The minimum Gasteiger partial charge on any atom is -0.343 e. The molecule has 1 N–H and O–H groups in total. The van der Waals surface area contributed by atoms with Crippen molar-refractivity contribution < 1.29 is 4.79 Å². The lowest BCUT2D eigenvalue weighted by atomic mass is 9.93. The van der Waals surface area contributed by atoms with E-state index in [-0.39, 0.29) is 5.91 Å². The second-order valence-electron chi connectivity index (χ2n) is 5.27. The number of aromatic amines is 1. The van der Waals surface area contributed by atoms with Crippen LogP contribution in [0.25, 0.3) is 11.5 Å². The third-order valence-electron chi connectivity index (χ3n) is 3.98. The van der Waals surface area contributed by atoms with Gasteiger partial charge in [0.25, 0.3) is 0 Å². The molecule has 6 heteroatoms. The third kappa shape index (κ3) is 2.94. The van der Waals surface area contributed by atoms with E-state index >= 15 is 0 Å². The van der Waals surface area contributed by atoms with Crippen LogP contribution in [0.4, 0.5) is 0 Å². The highest BCUT2D eigenvalue weighted by Crippen LogP contribution is 2.27. The Morgan fingerprint density at radius 2 is 2.10 bits per heavy atom. The van der Waals surface area contributed by atoms with Crippen molar-refractivity contribution in [1.82, 2.24) is 24.8 Å². The number of hydrogen-bond donors (Lipinski definition) is 1. The van der Waals surface area contributed by atoms with Crippen LogP contribution in [0.2, 0.25) is 0 Å². The minimum absolute atomic E-state index is 0.243. The van der Waals surface area contributed by atoms with Crippen LogP contribution in [-0.4, -0.2) is 43.8 Å². The van der Waals surface area contributed by atoms with Gasteiger partial charge in [0.1, 0.15) is 5.69 Å². The normalized spacial score (nSPS) is 16.1. The monoisotopic (exact) mass is 285 g/mol. The van der Waals surface area contributed by atoms with Crippen molar-refractivity contribution in [2.24, 2.45) is 0 Å². The summed E-state index contributed by atoms with van der Waals surface area (Å²) in [6.07, 6.45) is 9.57. The van der Waals surface area contributed by atoms with Crippen LogP contribution in [0, 0.1) is 0 Å². The van der Waals surface area contributed by atoms with Crippen molar-refractivity contribution in [3.05, 3.63) is 30.5 Å². The summed E-state index contributed by atoms with van der Waals surface area (Å²) in [5.41, 5.74) is 1.76. The molecule has 1 saturated heterocycles. The number of nitrogens with one attached hydrogen (secondary N) is 1. The number of carbonyl (C=O) groups excluding carboxylic acids is 1. The highest BCUT2D eigenvalue weighted by atomic mass is 16.2. The van der Waals surface area contributed by atoms with Gasteiger partial charge in [-0.15, -0.1) is 0 Å². The van der Waals surface area contributed by atoms with Crippen LogP contribution in [0.3, 0.4) is 0 Å². The maximum atomic E-state index is 11.7. The minimum atomic E-state index is 0.243. The Morgan fingerprint density at radius 1 is 1.29 bits per heavy atom. The van der Waals surface area contributed by atoms with Gasteiger partial charge in [-0.25, -0.2) is 9.97 Å². The Balaban J connectivity index is 1.65. The van der Waals surface area contributed by atoms with Gasteiger partial charge in [-0.2, -0.15) is 0 Å². The molecule has 3 heterocycles. The van der Waals surface area contributed by atoms with Crippen molar-refractivity contribution in [2.45, 2.75) is 32.1 Å². The highest BCUT2D eigenvalue weighted by molar-refractivity contribution is 5.75. The molecular formula is C15H19N5O. The van der Waals surface area contributed by atoms with Crippen LogP contribution < -0.4 is 0 Å². The number of aromatic nitrogens is 4. The van der Waals surface area contributed by atoms with E-state index in [1.165, 1.54) is 0 Å². The van der Waals surface area contributed by atoms with E-state index in [4.69, 9.17) is 0 Å². The molecule has 1 aliphatic rings. The first-order valence-electron chi connectivity index (χ1n) is 7.37. The van der Waals surface area contributed by atoms with Crippen molar-refractivity contribution >= 4 is 5.91 Å². The fourth-order valence-corrected chi connectivity index (χ4v) is 2.72. The Hall–Kier alpha value is -2.24.